The highest BCUT2D eigenvalue weighted by Crippen LogP contribution is 2.36. The average molecular weight is 234 g/mol. The molecule has 0 aliphatic heterocycles. The summed E-state index contributed by atoms with van der Waals surface area (Å²) in [6.07, 6.45) is 5.48. The van der Waals surface area contributed by atoms with E-state index in [9.17, 15) is 15.0 Å². The molecular formula is C14H18O3. The second-order valence-electron chi connectivity index (χ2n) is 4.81. The van der Waals surface area contributed by atoms with Crippen LogP contribution in [0.5, 0.6) is 5.75 Å². The minimum Gasteiger partial charge on any atom is -0.508 e. The molecule has 3 heteroatoms. The van der Waals surface area contributed by atoms with Crippen LogP contribution in [0.25, 0.3) is 0 Å². The molecule has 92 valence electrons. The minimum atomic E-state index is -0.748. The van der Waals surface area contributed by atoms with Gasteiger partial charge in [0.25, 0.3) is 0 Å². The fourth-order valence-electron chi connectivity index (χ4n) is 2.77. The summed E-state index contributed by atoms with van der Waals surface area (Å²) in [6, 6.07) is 6.58. The van der Waals surface area contributed by atoms with Gasteiger partial charge in [-0.05, 0) is 36.5 Å². The van der Waals surface area contributed by atoms with Gasteiger partial charge in [-0.1, -0.05) is 31.4 Å². The smallest absolute Gasteiger partial charge is 0.311 e. The lowest BCUT2D eigenvalue weighted by Crippen LogP contribution is -2.23. The third-order valence-corrected chi connectivity index (χ3v) is 3.64. The molecule has 0 heterocycles. The Morgan fingerprint density at radius 3 is 2.24 bits per heavy atom. The second kappa shape index (κ2) is 5.21. The van der Waals surface area contributed by atoms with E-state index in [1.807, 2.05) is 0 Å². The van der Waals surface area contributed by atoms with Gasteiger partial charge in [0, 0.05) is 0 Å². The molecule has 0 radical (unpaired) electrons. The number of hydrogen-bond donors (Lipinski definition) is 2. The van der Waals surface area contributed by atoms with Crippen LogP contribution >= 0.6 is 0 Å². The summed E-state index contributed by atoms with van der Waals surface area (Å²) < 4.78 is 0. The molecule has 1 aliphatic rings. The van der Waals surface area contributed by atoms with Gasteiger partial charge < -0.3 is 10.2 Å². The second-order valence-corrected chi connectivity index (χ2v) is 4.81. The van der Waals surface area contributed by atoms with Crippen LogP contribution in [-0.2, 0) is 4.79 Å². The first-order valence-electron chi connectivity index (χ1n) is 6.20. The van der Waals surface area contributed by atoms with Gasteiger partial charge in [-0.15, -0.1) is 0 Å². The van der Waals surface area contributed by atoms with Crippen molar-refractivity contribution < 1.29 is 15.0 Å². The van der Waals surface area contributed by atoms with Crippen molar-refractivity contribution in [3.8, 4) is 5.75 Å². The summed E-state index contributed by atoms with van der Waals surface area (Å²) in [5, 5.41) is 18.6. The first-order valence-corrected chi connectivity index (χ1v) is 6.20. The molecule has 0 aromatic heterocycles. The Morgan fingerprint density at radius 2 is 1.71 bits per heavy atom. The maximum absolute atomic E-state index is 11.4. The van der Waals surface area contributed by atoms with Crippen molar-refractivity contribution in [2.45, 2.75) is 38.0 Å². The number of phenols is 1. The zero-order valence-corrected chi connectivity index (χ0v) is 9.80. The molecule has 3 nitrogen and oxygen atoms in total. The standard InChI is InChI=1S/C14H18O3/c15-12-8-6-11(7-9-12)13(14(16)17)10-4-2-1-3-5-10/h6-10,13,15H,1-5H2,(H,16,17)/t13-/m0/s1. The zero-order valence-electron chi connectivity index (χ0n) is 9.80. The fourth-order valence-corrected chi connectivity index (χ4v) is 2.77. The van der Waals surface area contributed by atoms with E-state index in [4.69, 9.17) is 0 Å². The average Bonchev–Trinajstić information content (AvgIpc) is 2.33. The van der Waals surface area contributed by atoms with Crippen molar-refractivity contribution in [2.75, 3.05) is 0 Å². The molecule has 1 fully saturated rings. The number of aromatic hydroxyl groups is 1. The molecule has 2 rings (SSSR count). The number of rotatable bonds is 3. The van der Waals surface area contributed by atoms with Crippen LogP contribution in [0.2, 0.25) is 0 Å². The molecule has 1 atom stereocenters. The van der Waals surface area contributed by atoms with Crippen LogP contribution < -0.4 is 0 Å². The number of phenolic OH excluding ortho intramolecular Hbond substituents is 1. The summed E-state index contributed by atoms with van der Waals surface area (Å²) in [5.74, 6) is -0.745. The van der Waals surface area contributed by atoms with Crippen LogP contribution in [-0.4, -0.2) is 16.2 Å². The van der Waals surface area contributed by atoms with Crippen molar-refractivity contribution in [3.05, 3.63) is 29.8 Å². The van der Waals surface area contributed by atoms with Gasteiger partial charge in [0.2, 0.25) is 0 Å². The fraction of sp³-hybridized carbons (Fsp3) is 0.500. The van der Waals surface area contributed by atoms with Crippen molar-refractivity contribution in [1.29, 1.82) is 0 Å². The van der Waals surface area contributed by atoms with E-state index < -0.39 is 11.9 Å². The Hall–Kier alpha value is -1.51. The van der Waals surface area contributed by atoms with Crippen LogP contribution in [0, 0.1) is 5.92 Å². The Morgan fingerprint density at radius 1 is 1.12 bits per heavy atom. The molecule has 0 amide bonds. The Labute approximate surface area is 101 Å². The quantitative estimate of drug-likeness (QED) is 0.844. The number of benzene rings is 1. The maximum atomic E-state index is 11.4. The molecule has 2 N–H and O–H groups in total. The summed E-state index contributed by atoms with van der Waals surface area (Å²) in [5.41, 5.74) is 0.808. The predicted octanol–water partition coefficient (Wildman–Crippen LogP) is 3.14. The molecular weight excluding hydrogens is 216 g/mol. The van der Waals surface area contributed by atoms with Crippen LogP contribution in [0.4, 0.5) is 0 Å². The summed E-state index contributed by atoms with van der Waals surface area (Å²) in [4.78, 5) is 11.4. The summed E-state index contributed by atoms with van der Waals surface area (Å²) >= 11 is 0. The Kier molecular flexibility index (Phi) is 3.67. The van der Waals surface area contributed by atoms with Gasteiger partial charge in [0.1, 0.15) is 5.75 Å². The van der Waals surface area contributed by atoms with E-state index in [1.54, 1.807) is 24.3 Å². The van der Waals surface area contributed by atoms with Gasteiger partial charge >= 0.3 is 5.97 Å². The van der Waals surface area contributed by atoms with E-state index in [-0.39, 0.29) is 11.7 Å². The SMILES string of the molecule is O=C(O)[C@H](c1ccc(O)cc1)C1CCCCC1. The summed E-state index contributed by atoms with van der Waals surface area (Å²) in [6.45, 7) is 0. The lowest BCUT2D eigenvalue weighted by Gasteiger charge is -2.27. The van der Waals surface area contributed by atoms with Crippen LogP contribution in [0.1, 0.15) is 43.6 Å². The Balaban J connectivity index is 2.21. The highest BCUT2D eigenvalue weighted by molar-refractivity contribution is 5.76. The number of carboxylic acids is 1. The number of carboxylic acid groups (broad SMARTS) is 1. The lowest BCUT2D eigenvalue weighted by molar-refractivity contribution is -0.140. The van der Waals surface area contributed by atoms with Gasteiger partial charge in [-0.3, -0.25) is 4.79 Å². The third-order valence-electron chi connectivity index (χ3n) is 3.64. The van der Waals surface area contributed by atoms with Crippen molar-refractivity contribution in [2.24, 2.45) is 5.92 Å². The minimum absolute atomic E-state index is 0.182. The monoisotopic (exact) mass is 234 g/mol. The van der Waals surface area contributed by atoms with Gasteiger partial charge in [0.15, 0.2) is 0 Å². The first kappa shape index (κ1) is 12.0. The van der Waals surface area contributed by atoms with Gasteiger partial charge in [-0.25, -0.2) is 0 Å². The maximum Gasteiger partial charge on any atom is 0.311 e. The zero-order chi connectivity index (χ0) is 12.3. The normalized spacial score (nSPS) is 18.8. The molecule has 17 heavy (non-hydrogen) atoms. The topological polar surface area (TPSA) is 57.5 Å². The largest absolute Gasteiger partial charge is 0.508 e. The Bertz CT molecular complexity index is 377. The molecule has 0 spiro atoms. The van der Waals surface area contributed by atoms with Crippen LogP contribution in [0.3, 0.4) is 0 Å². The molecule has 1 aromatic rings. The molecule has 1 aromatic carbocycles. The summed E-state index contributed by atoms with van der Waals surface area (Å²) in [7, 11) is 0. The highest BCUT2D eigenvalue weighted by Gasteiger charge is 2.30. The number of carbonyl (C=O) groups is 1. The van der Waals surface area contributed by atoms with Crippen molar-refractivity contribution in [1.82, 2.24) is 0 Å². The lowest BCUT2D eigenvalue weighted by atomic mass is 9.77. The van der Waals surface area contributed by atoms with Crippen molar-refractivity contribution >= 4 is 5.97 Å². The molecule has 0 bridgehead atoms. The van der Waals surface area contributed by atoms with E-state index >= 15 is 0 Å². The van der Waals surface area contributed by atoms with E-state index in [1.165, 1.54) is 6.42 Å². The molecule has 0 unspecified atom stereocenters. The number of hydrogen-bond acceptors (Lipinski definition) is 2. The van der Waals surface area contributed by atoms with Gasteiger partial charge in [0.05, 0.1) is 5.92 Å². The highest BCUT2D eigenvalue weighted by atomic mass is 16.4. The van der Waals surface area contributed by atoms with Crippen molar-refractivity contribution in [3.63, 3.8) is 0 Å². The van der Waals surface area contributed by atoms with Crippen LogP contribution in [0.15, 0.2) is 24.3 Å². The molecule has 0 saturated heterocycles. The van der Waals surface area contributed by atoms with E-state index in [2.05, 4.69) is 0 Å². The first-order chi connectivity index (χ1) is 8.18. The van der Waals surface area contributed by atoms with E-state index in [0.717, 1.165) is 31.2 Å². The molecule has 1 aliphatic carbocycles. The molecule has 1 saturated carbocycles. The van der Waals surface area contributed by atoms with Gasteiger partial charge in [-0.2, -0.15) is 0 Å². The van der Waals surface area contributed by atoms with E-state index in [0.29, 0.717) is 0 Å². The predicted molar refractivity (Wildman–Crippen MR) is 65.1 cm³/mol. The number of aliphatic carboxylic acids is 1. The third kappa shape index (κ3) is 2.78.